The van der Waals surface area contributed by atoms with Gasteiger partial charge < -0.3 is 5.73 Å². The van der Waals surface area contributed by atoms with Crippen LogP contribution < -0.4 is 5.73 Å². The summed E-state index contributed by atoms with van der Waals surface area (Å²) >= 11 is 0. The van der Waals surface area contributed by atoms with E-state index in [9.17, 15) is 13.6 Å². The molecule has 0 fully saturated rings. The minimum absolute atomic E-state index is 0.0954. The van der Waals surface area contributed by atoms with Crippen molar-refractivity contribution in [1.29, 1.82) is 0 Å². The predicted molar refractivity (Wildman–Crippen MR) is 43.7 cm³/mol. The zero-order chi connectivity index (χ0) is 9.84. The second kappa shape index (κ2) is 4.09. The van der Waals surface area contributed by atoms with Gasteiger partial charge in [-0.05, 0) is 24.1 Å². The van der Waals surface area contributed by atoms with Gasteiger partial charge in [0.2, 0.25) is 6.29 Å². The van der Waals surface area contributed by atoms with Crippen LogP contribution in [0.15, 0.2) is 18.2 Å². The van der Waals surface area contributed by atoms with Crippen LogP contribution in [0.5, 0.6) is 0 Å². The van der Waals surface area contributed by atoms with Crippen LogP contribution >= 0.6 is 0 Å². The standard InChI is InChI=1S/C9H8F2NO/c10-7-1-6(2-8(11)4-7)3-9(12)5-13/h1-2,4,9H,3,12H2. The van der Waals surface area contributed by atoms with Crippen LogP contribution in [-0.4, -0.2) is 12.3 Å². The molecule has 0 heterocycles. The van der Waals surface area contributed by atoms with Gasteiger partial charge in [-0.3, -0.25) is 4.79 Å². The maximum atomic E-state index is 12.6. The molecule has 1 atom stereocenters. The number of hydrogen-bond acceptors (Lipinski definition) is 2. The first-order chi connectivity index (χ1) is 6.11. The largest absolute Gasteiger partial charge is 0.321 e. The van der Waals surface area contributed by atoms with E-state index in [1.165, 1.54) is 6.29 Å². The Morgan fingerprint density at radius 2 is 1.85 bits per heavy atom. The Labute approximate surface area is 74.4 Å². The van der Waals surface area contributed by atoms with Gasteiger partial charge in [-0.2, -0.15) is 0 Å². The maximum Gasteiger partial charge on any atom is 0.217 e. The molecule has 0 aliphatic rings. The second-order valence-electron chi connectivity index (χ2n) is 2.71. The maximum absolute atomic E-state index is 12.6. The lowest BCUT2D eigenvalue weighted by Gasteiger charge is -2.03. The lowest BCUT2D eigenvalue weighted by molar-refractivity contribution is 0.539. The molecular formula is C9H8F2NO. The highest BCUT2D eigenvalue weighted by molar-refractivity contribution is 5.58. The van der Waals surface area contributed by atoms with E-state index < -0.39 is 17.7 Å². The highest BCUT2D eigenvalue weighted by Gasteiger charge is 2.05. The Balaban J connectivity index is 2.82. The average molecular weight is 184 g/mol. The Morgan fingerprint density at radius 1 is 1.31 bits per heavy atom. The molecule has 1 rings (SSSR count). The first kappa shape index (κ1) is 9.80. The van der Waals surface area contributed by atoms with Crippen LogP contribution in [0.2, 0.25) is 0 Å². The van der Waals surface area contributed by atoms with Crippen LogP contribution in [0, 0.1) is 11.6 Å². The molecular weight excluding hydrogens is 176 g/mol. The van der Waals surface area contributed by atoms with Gasteiger partial charge in [-0.1, -0.05) is 0 Å². The van der Waals surface area contributed by atoms with Crippen molar-refractivity contribution in [3.8, 4) is 0 Å². The summed E-state index contributed by atoms with van der Waals surface area (Å²) < 4.78 is 25.2. The van der Waals surface area contributed by atoms with E-state index in [1.807, 2.05) is 0 Å². The minimum atomic E-state index is -0.832. The van der Waals surface area contributed by atoms with Crippen LogP contribution in [0.3, 0.4) is 0 Å². The second-order valence-corrected chi connectivity index (χ2v) is 2.71. The molecule has 1 aromatic rings. The third-order valence-electron chi connectivity index (χ3n) is 1.53. The molecule has 2 nitrogen and oxygen atoms in total. The predicted octanol–water partition coefficient (Wildman–Crippen LogP) is 0.944. The fraction of sp³-hybridized carbons (Fsp3) is 0.222. The Kier molecular flexibility index (Phi) is 3.08. The van der Waals surface area contributed by atoms with Crippen molar-refractivity contribution in [3.63, 3.8) is 0 Å². The van der Waals surface area contributed by atoms with Crippen molar-refractivity contribution >= 4 is 6.29 Å². The van der Waals surface area contributed by atoms with Gasteiger partial charge in [0.15, 0.2) is 0 Å². The van der Waals surface area contributed by atoms with E-state index >= 15 is 0 Å². The highest BCUT2D eigenvalue weighted by Crippen LogP contribution is 2.08. The summed E-state index contributed by atoms with van der Waals surface area (Å²) in [6.45, 7) is 0. The van der Waals surface area contributed by atoms with E-state index in [0.29, 0.717) is 5.56 Å². The minimum Gasteiger partial charge on any atom is -0.321 e. The summed E-state index contributed by atoms with van der Waals surface area (Å²) in [6, 6.07) is 2.21. The fourth-order valence-corrected chi connectivity index (χ4v) is 1.02. The lowest BCUT2D eigenvalue weighted by atomic mass is 10.1. The third-order valence-corrected chi connectivity index (χ3v) is 1.53. The van der Waals surface area contributed by atoms with Crippen LogP contribution in [-0.2, 0) is 11.2 Å². The molecule has 1 aromatic carbocycles. The van der Waals surface area contributed by atoms with Crippen molar-refractivity contribution in [1.82, 2.24) is 0 Å². The molecule has 69 valence electrons. The number of benzene rings is 1. The molecule has 0 spiro atoms. The fourth-order valence-electron chi connectivity index (χ4n) is 1.02. The van der Waals surface area contributed by atoms with E-state index in [1.54, 1.807) is 0 Å². The van der Waals surface area contributed by atoms with Gasteiger partial charge in [0.25, 0.3) is 0 Å². The number of halogens is 2. The van der Waals surface area contributed by atoms with Crippen molar-refractivity contribution in [2.24, 2.45) is 5.73 Å². The van der Waals surface area contributed by atoms with E-state index in [0.717, 1.165) is 18.2 Å². The first-order valence-corrected chi connectivity index (χ1v) is 3.70. The summed E-state index contributed by atoms with van der Waals surface area (Å²) in [6.07, 6.45) is 1.63. The zero-order valence-electron chi connectivity index (χ0n) is 6.76. The number of carbonyl (C=O) groups excluding carboxylic acids is 1. The summed E-state index contributed by atoms with van der Waals surface area (Å²) in [4.78, 5) is 10.0. The quantitative estimate of drug-likeness (QED) is 0.759. The Bertz CT molecular complexity index is 294. The summed E-state index contributed by atoms with van der Waals surface area (Å²) in [5.74, 6) is -1.35. The average Bonchev–Trinajstić information content (AvgIpc) is 2.02. The van der Waals surface area contributed by atoms with Crippen molar-refractivity contribution in [3.05, 3.63) is 35.4 Å². The highest BCUT2D eigenvalue weighted by atomic mass is 19.1. The molecule has 0 amide bonds. The van der Waals surface area contributed by atoms with E-state index in [-0.39, 0.29) is 6.42 Å². The molecule has 4 heteroatoms. The van der Waals surface area contributed by atoms with Gasteiger partial charge in [-0.15, -0.1) is 0 Å². The SMILES string of the molecule is NC([C]=O)Cc1cc(F)cc(F)c1. The van der Waals surface area contributed by atoms with Crippen molar-refractivity contribution in [2.75, 3.05) is 0 Å². The van der Waals surface area contributed by atoms with Crippen molar-refractivity contribution < 1.29 is 13.6 Å². The normalized spacial score (nSPS) is 12.5. The van der Waals surface area contributed by atoms with Gasteiger partial charge in [0, 0.05) is 6.07 Å². The molecule has 0 aliphatic heterocycles. The molecule has 1 radical (unpaired) electrons. The molecule has 0 aliphatic carbocycles. The van der Waals surface area contributed by atoms with Crippen molar-refractivity contribution in [2.45, 2.75) is 12.5 Å². The Hall–Kier alpha value is -1.29. The lowest BCUT2D eigenvalue weighted by Crippen LogP contribution is -2.24. The Morgan fingerprint density at radius 3 is 2.31 bits per heavy atom. The van der Waals surface area contributed by atoms with Crippen LogP contribution in [0.1, 0.15) is 5.56 Å². The molecule has 0 bridgehead atoms. The van der Waals surface area contributed by atoms with Gasteiger partial charge in [0.1, 0.15) is 11.6 Å². The third kappa shape index (κ3) is 2.91. The van der Waals surface area contributed by atoms with Gasteiger partial charge in [-0.25, -0.2) is 8.78 Å². The molecule has 1 unspecified atom stereocenters. The van der Waals surface area contributed by atoms with Crippen LogP contribution in [0.25, 0.3) is 0 Å². The first-order valence-electron chi connectivity index (χ1n) is 3.70. The summed E-state index contributed by atoms with van der Waals surface area (Å²) in [7, 11) is 0. The smallest absolute Gasteiger partial charge is 0.217 e. The van der Waals surface area contributed by atoms with Gasteiger partial charge in [0.05, 0.1) is 6.04 Å². The van der Waals surface area contributed by atoms with Crippen LogP contribution in [0.4, 0.5) is 8.78 Å². The summed E-state index contributed by atoms with van der Waals surface area (Å²) in [5.41, 5.74) is 5.59. The molecule has 0 aromatic heterocycles. The zero-order valence-corrected chi connectivity index (χ0v) is 6.76. The molecule has 2 N–H and O–H groups in total. The monoisotopic (exact) mass is 184 g/mol. The molecule has 0 saturated heterocycles. The van der Waals surface area contributed by atoms with Gasteiger partial charge >= 0.3 is 0 Å². The van der Waals surface area contributed by atoms with E-state index in [4.69, 9.17) is 5.73 Å². The molecule has 0 saturated carbocycles. The number of rotatable bonds is 3. The van der Waals surface area contributed by atoms with E-state index in [2.05, 4.69) is 0 Å². The topological polar surface area (TPSA) is 43.1 Å². The molecule has 13 heavy (non-hydrogen) atoms. The number of nitrogens with two attached hydrogens (primary N) is 1. The number of hydrogen-bond donors (Lipinski definition) is 1. The summed E-state index contributed by atoms with van der Waals surface area (Å²) in [5, 5.41) is 0.